The standard InChI is InChI=1S/C46H76O6/c1-4-7-10-13-16-18-20-21-22-23-24-25-26-28-30-33-36-39-45(48)51-42-43(41-50-44(47)38-35-32-29-15-12-9-6-3)52-46(49)40-37-34-31-27-19-17-14-11-8-5-2/h7,10-11,14,16,18,21-22,24-25,28,30,43H,4-6,8-9,12-13,15,17,19-20,23,26-27,29,31-42H2,1-3H3/b10-7-,14-11-,18-16-,22-21-,25-24-,30-28-. The summed E-state index contributed by atoms with van der Waals surface area (Å²) in [5.41, 5.74) is 0. The molecule has 0 bridgehead atoms. The highest BCUT2D eigenvalue weighted by molar-refractivity contribution is 5.71. The van der Waals surface area contributed by atoms with Crippen molar-refractivity contribution >= 4 is 17.9 Å². The quantitative estimate of drug-likeness (QED) is 0.0277. The lowest BCUT2D eigenvalue weighted by Gasteiger charge is -2.18. The maximum atomic E-state index is 12.6. The van der Waals surface area contributed by atoms with E-state index in [1.165, 1.54) is 38.5 Å². The molecule has 0 rings (SSSR count). The van der Waals surface area contributed by atoms with E-state index >= 15 is 0 Å². The first-order valence-corrected chi connectivity index (χ1v) is 20.9. The van der Waals surface area contributed by atoms with Gasteiger partial charge in [-0.15, -0.1) is 0 Å². The van der Waals surface area contributed by atoms with Crippen molar-refractivity contribution < 1.29 is 28.6 Å². The summed E-state index contributed by atoms with van der Waals surface area (Å²) < 4.78 is 16.5. The number of ether oxygens (including phenoxy) is 3. The number of hydrogen-bond donors (Lipinski definition) is 0. The fourth-order valence-electron chi connectivity index (χ4n) is 5.30. The number of rotatable bonds is 36. The molecule has 0 fully saturated rings. The second kappa shape index (κ2) is 40.6. The summed E-state index contributed by atoms with van der Waals surface area (Å²) in [5.74, 6) is -0.986. The number of hydrogen-bond acceptors (Lipinski definition) is 6. The zero-order valence-electron chi connectivity index (χ0n) is 33.5. The van der Waals surface area contributed by atoms with Crippen LogP contribution in [0.5, 0.6) is 0 Å². The van der Waals surface area contributed by atoms with Crippen LogP contribution >= 0.6 is 0 Å². The Morgan fingerprint density at radius 3 is 1.35 bits per heavy atom. The van der Waals surface area contributed by atoms with Gasteiger partial charge in [0.1, 0.15) is 13.2 Å². The number of unbranched alkanes of at least 4 members (excludes halogenated alkanes) is 13. The lowest BCUT2D eigenvalue weighted by molar-refractivity contribution is -0.167. The third-order valence-electron chi connectivity index (χ3n) is 8.43. The predicted molar refractivity (Wildman–Crippen MR) is 219 cm³/mol. The fourth-order valence-corrected chi connectivity index (χ4v) is 5.30. The molecule has 0 aromatic carbocycles. The van der Waals surface area contributed by atoms with Crippen molar-refractivity contribution in [1.29, 1.82) is 0 Å². The molecule has 0 amide bonds. The van der Waals surface area contributed by atoms with Gasteiger partial charge in [0, 0.05) is 19.3 Å². The Morgan fingerprint density at radius 2 is 0.808 bits per heavy atom. The zero-order chi connectivity index (χ0) is 38.0. The topological polar surface area (TPSA) is 78.9 Å². The maximum Gasteiger partial charge on any atom is 0.306 e. The van der Waals surface area contributed by atoms with Gasteiger partial charge in [-0.05, 0) is 77.0 Å². The van der Waals surface area contributed by atoms with E-state index in [1.54, 1.807) is 0 Å². The van der Waals surface area contributed by atoms with Gasteiger partial charge in [0.25, 0.3) is 0 Å². The fraction of sp³-hybridized carbons (Fsp3) is 0.674. The van der Waals surface area contributed by atoms with E-state index in [9.17, 15) is 14.4 Å². The molecule has 1 unspecified atom stereocenters. The van der Waals surface area contributed by atoms with Crippen LogP contribution in [-0.4, -0.2) is 37.2 Å². The van der Waals surface area contributed by atoms with Gasteiger partial charge in [-0.3, -0.25) is 14.4 Å². The molecule has 6 heteroatoms. The van der Waals surface area contributed by atoms with Gasteiger partial charge in [0.05, 0.1) is 0 Å². The number of carbonyl (C=O) groups is 3. The second-order valence-electron chi connectivity index (χ2n) is 13.5. The van der Waals surface area contributed by atoms with Crippen molar-refractivity contribution in [3.8, 4) is 0 Å². The van der Waals surface area contributed by atoms with Crippen molar-refractivity contribution in [3.05, 3.63) is 72.9 Å². The summed E-state index contributed by atoms with van der Waals surface area (Å²) in [6.45, 7) is 6.33. The molecule has 0 aromatic rings. The van der Waals surface area contributed by atoms with Crippen molar-refractivity contribution in [2.75, 3.05) is 13.2 Å². The van der Waals surface area contributed by atoms with Crippen LogP contribution in [0.25, 0.3) is 0 Å². The van der Waals surface area contributed by atoms with Crippen LogP contribution < -0.4 is 0 Å². The van der Waals surface area contributed by atoms with Crippen LogP contribution in [0.2, 0.25) is 0 Å². The molecule has 0 heterocycles. The Bertz CT molecular complexity index is 1020. The SMILES string of the molecule is CC/C=C\C/C=C\C/C=C\C/C=C\C/C=C\CCCC(=O)OCC(COC(=O)CCCCCCCCC)OC(=O)CCCCCCC/C=C\CCC. The molecule has 0 aliphatic carbocycles. The first-order valence-electron chi connectivity index (χ1n) is 20.9. The van der Waals surface area contributed by atoms with Crippen molar-refractivity contribution in [3.63, 3.8) is 0 Å². The lowest BCUT2D eigenvalue weighted by atomic mass is 10.1. The normalized spacial score (nSPS) is 12.8. The summed E-state index contributed by atoms with van der Waals surface area (Å²) in [6.07, 6.45) is 49.0. The van der Waals surface area contributed by atoms with E-state index < -0.39 is 6.10 Å². The minimum Gasteiger partial charge on any atom is -0.462 e. The molecule has 6 nitrogen and oxygen atoms in total. The largest absolute Gasteiger partial charge is 0.462 e. The average molecular weight is 725 g/mol. The first-order chi connectivity index (χ1) is 25.5. The third-order valence-corrected chi connectivity index (χ3v) is 8.43. The molecule has 0 aliphatic heterocycles. The molecule has 1 atom stereocenters. The summed E-state index contributed by atoms with van der Waals surface area (Å²) in [5, 5.41) is 0. The molecule has 296 valence electrons. The first kappa shape index (κ1) is 48.9. The predicted octanol–water partition coefficient (Wildman–Crippen LogP) is 13.1. The molecule has 0 saturated heterocycles. The van der Waals surface area contributed by atoms with E-state index in [1.807, 2.05) is 0 Å². The molecular weight excluding hydrogens is 648 g/mol. The molecule has 0 saturated carbocycles. The molecule has 52 heavy (non-hydrogen) atoms. The average Bonchev–Trinajstić information content (AvgIpc) is 3.14. The smallest absolute Gasteiger partial charge is 0.306 e. The maximum absolute atomic E-state index is 12.6. The van der Waals surface area contributed by atoms with Gasteiger partial charge in [-0.1, -0.05) is 158 Å². The van der Waals surface area contributed by atoms with Gasteiger partial charge >= 0.3 is 17.9 Å². The van der Waals surface area contributed by atoms with Crippen LogP contribution in [0, 0.1) is 0 Å². The Balaban J connectivity index is 4.43. The summed E-state index contributed by atoms with van der Waals surface area (Å²) in [4.78, 5) is 37.4. The minimum absolute atomic E-state index is 0.0973. The Kier molecular flexibility index (Phi) is 38.2. The van der Waals surface area contributed by atoms with E-state index in [2.05, 4.69) is 93.7 Å². The van der Waals surface area contributed by atoms with Gasteiger partial charge < -0.3 is 14.2 Å². The highest BCUT2D eigenvalue weighted by Crippen LogP contribution is 2.12. The number of allylic oxidation sites excluding steroid dienone is 12. The molecule has 0 radical (unpaired) electrons. The summed E-state index contributed by atoms with van der Waals surface area (Å²) >= 11 is 0. The molecular formula is C46H76O6. The number of esters is 3. The highest BCUT2D eigenvalue weighted by Gasteiger charge is 2.19. The van der Waals surface area contributed by atoms with Gasteiger partial charge in [-0.25, -0.2) is 0 Å². The van der Waals surface area contributed by atoms with Crippen LogP contribution in [0.3, 0.4) is 0 Å². The Morgan fingerprint density at radius 1 is 0.404 bits per heavy atom. The van der Waals surface area contributed by atoms with E-state index in [4.69, 9.17) is 14.2 Å². The van der Waals surface area contributed by atoms with Crippen molar-refractivity contribution in [2.24, 2.45) is 0 Å². The Hall–Kier alpha value is -3.15. The summed E-state index contributed by atoms with van der Waals surface area (Å²) in [6, 6.07) is 0. The zero-order valence-corrected chi connectivity index (χ0v) is 33.5. The van der Waals surface area contributed by atoms with Crippen molar-refractivity contribution in [2.45, 2.75) is 187 Å². The van der Waals surface area contributed by atoms with Gasteiger partial charge in [-0.2, -0.15) is 0 Å². The van der Waals surface area contributed by atoms with E-state index in [0.29, 0.717) is 19.3 Å². The van der Waals surface area contributed by atoms with Crippen molar-refractivity contribution in [1.82, 2.24) is 0 Å². The van der Waals surface area contributed by atoms with E-state index in [0.717, 1.165) is 96.3 Å². The Labute approximate surface area is 319 Å². The van der Waals surface area contributed by atoms with Crippen LogP contribution in [0.4, 0.5) is 0 Å². The summed E-state index contributed by atoms with van der Waals surface area (Å²) in [7, 11) is 0. The monoisotopic (exact) mass is 725 g/mol. The lowest BCUT2D eigenvalue weighted by Crippen LogP contribution is -2.30. The molecule has 0 aromatic heterocycles. The van der Waals surface area contributed by atoms with E-state index in [-0.39, 0.29) is 37.5 Å². The molecule has 0 N–H and O–H groups in total. The molecule has 0 aliphatic rings. The van der Waals surface area contributed by atoms with Crippen LogP contribution in [0.1, 0.15) is 181 Å². The van der Waals surface area contributed by atoms with Crippen LogP contribution in [0.15, 0.2) is 72.9 Å². The molecule has 0 spiro atoms. The third kappa shape index (κ3) is 38.1. The minimum atomic E-state index is -0.796. The van der Waals surface area contributed by atoms with Crippen LogP contribution in [-0.2, 0) is 28.6 Å². The van der Waals surface area contributed by atoms with Gasteiger partial charge in [0.15, 0.2) is 6.10 Å². The highest BCUT2D eigenvalue weighted by atomic mass is 16.6. The number of carbonyl (C=O) groups excluding carboxylic acids is 3. The second-order valence-corrected chi connectivity index (χ2v) is 13.5. The van der Waals surface area contributed by atoms with Gasteiger partial charge in [0.2, 0.25) is 0 Å².